The minimum Gasteiger partial charge on any atom is -0.497 e. The molecule has 1 saturated heterocycles. The summed E-state index contributed by atoms with van der Waals surface area (Å²) >= 11 is 0. The second-order valence-corrected chi connectivity index (χ2v) is 6.45. The van der Waals surface area contributed by atoms with Crippen LogP contribution in [0.3, 0.4) is 0 Å². The molecule has 3 rings (SSSR count). The average molecular weight is 345 g/mol. The number of hydrogen-bond acceptors (Lipinski definition) is 6. The molecule has 1 aliphatic heterocycles. The minimum absolute atomic E-state index is 0.00669. The zero-order chi connectivity index (χ0) is 17.9. The van der Waals surface area contributed by atoms with E-state index in [1.807, 2.05) is 29.2 Å². The lowest BCUT2D eigenvalue weighted by molar-refractivity contribution is -0.131. The largest absolute Gasteiger partial charge is 0.497 e. The molecule has 0 unspecified atom stereocenters. The van der Waals surface area contributed by atoms with E-state index in [-0.39, 0.29) is 12.5 Å². The fraction of sp³-hybridized carbons (Fsp3) is 0.471. The number of ether oxygens (including phenoxy) is 1. The number of H-pyrrole nitrogens is 1. The highest BCUT2D eigenvalue weighted by molar-refractivity contribution is 5.78. The van der Waals surface area contributed by atoms with Crippen LogP contribution < -0.4 is 4.74 Å². The second kappa shape index (κ2) is 7.20. The van der Waals surface area contributed by atoms with Gasteiger partial charge in [-0.25, -0.2) is 0 Å². The van der Waals surface area contributed by atoms with Gasteiger partial charge >= 0.3 is 0 Å². The lowest BCUT2D eigenvalue weighted by Gasteiger charge is -2.23. The number of methoxy groups -OCH3 is 1. The Labute approximate surface area is 146 Å². The minimum atomic E-state index is -1.04. The van der Waals surface area contributed by atoms with Crippen molar-refractivity contribution in [2.45, 2.75) is 18.6 Å². The first-order chi connectivity index (χ1) is 12.0. The number of likely N-dealkylation sites (tertiary alicyclic amines) is 1. The van der Waals surface area contributed by atoms with Crippen LogP contribution in [-0.4, -0.2) is 70.0 Å². The maximum atomic E-state index is 12.5. The van der Waals surface area contributed by atoms with E-state index in [2.05, 4.69) is 15.4 Å². The quantitative estimate of drug-likeness (QED) is 0.785. The summed E-state index contributed by atoms with van der Waals surface area (Å²) < 4.78 is 5.21. The number of nitrogens with zero attached hydrogens (tertiary/aromatic N) is 4. The number of hydrogen-bond donors (Lipinski definition) is 2. The molecule has 1 aliphatic rings. The Bertz CT molecular complexity index is 721. The Balaban J connectivity index is 1.55. The molecule has 0 spiro atoms. The van der Waals surface area contributed by atoms with Crippen LogP contribution in [-0.2, 0) is 16.9 Å². The van der Waals surface area contributed by atoms with Crippen molar-refractivity contribution in [2.75, 3.05) is 33.8 Å². The number of aliphatic hydroxyl groups is 1. The Morgan fingerprint density at radius 3 is 3.08 bits per heavy atom. The van der Waals surface area contributed by atoms with Gasteiger partial charge in [-0.15, -0.1) is 0 Å². The third kappa shape index (κ3) is 3.97. The van der Waals surface area contributed by atoms with E-state index in [9.17, 15) is 9.90 Å². The third-order valence-electron chi connectivity index (χ3n) is 4.56. The number of benzene rings is 1. The molecule has 25 heavy (non-hydrogen) atoms. The van der Waals surface area contributed by atoms with Crippen LogP contribution in [0.5, 0.6) is 5.75 Å². The third-order valence-corrected chi connectivity index (χ3v) is 4.56. The molecule has 1 atom stereocenters. The van der Waals surface area contributed by atoms with Gasteiger partial charge in [0.05, 0.1) is 19.9 Å². The van der Waals surface area contributed by atoms with Crippen LogP contribution in [0.25, 0.3) is 0 Å². The summed E-state index contributed by atoms with van der Waals surface area (Å²) in [6.45, 7) is 1.79. The summed E-state index contributed by atoms with van der Waals surface area (Å²) in [7, 11) is 3.40. The van der Waals surface area contributed by atoms with Crippen LogP contribution in [0.2, 0.25) is 0 Å². The van der Waals surface area contributed by atoms with Crippen LogP contribution in [0.15, 0.2) is 30.5 Å². The highest BCUT2D eigenvalue weighted by Gasteiger charge is 2.40. The average Bonchev–Trinajstić information content (AvgIpc) is 3.26. The van der Waals surface area contributed by atoms with Crippen molar-refractivity contribution in [2.24, 2.45) is 0 Å². The van der Waals surface area contributed by atoms with Crippen molar-refractivity contribution in [3.05, 3.63) is 41.7 Å². The van der Waals surface area contributed by atoms with Crippen LogP contribution >= 0.6 is 0 Å². The van der Waals surface area contributed by atoms with Crippen molar-refractivity contribution in [1.29, 1.82) is 0 Å². The van der Waals surface area contributed by atoms with Crippen molar-refractivity contribution in [3.63, 3.8) is 0 Å². The summed E-state index contributed by atoms with van der Waals surface area (Å²) in [5.41, 5.74) is 0.487. The Kier molecular flexibility index (Phi) is 5.00. The van der Waals surface area contributed by atoms with Crippen molar-refractivity contribution in [1.82, 2.24) is 25.2 Å². The zero-order valence-electron chi connectivity index (χ0n) is 14.5. The molecular weight excluding hydrogens is 322 g/mol. The van der Waals surface area contributed by atoms with Gasteiger partial charge in [-0.1, -0.05) is 12.1 Å². The highest BCUT2D eigenvalue weighted by atomic mass is 16.5. The first-order valence-electron chi connectivity index (χ1n) is 8.18. The molecule has 1 aromatic carbocycles. The first-order valence-corrected chi connectivity index (χ1v) is 8.18. The lowest BCUT2D eigenvalue weighted by Crippen LogP contribution is -2.39. The number of aromatic amines is 1. The van der Waals surface area contributed by atoms with E-state index in [1.54, 1.807) is 19.1 Å². The number of carbonyl (C=O) groups excluding carboxylic acids is 1. The molecule has 0 bridgehead atoms. The molecule has 1 aromatic heterocycles. The number of carbonyl (C=O) groups is 1. The Hall–Kier alpha value is -2.45. The van der Waals surface area contributed by atoms with Gasteiger partial charge in [-0.2, -0.15) is 15.4 Å². The molecule has 8 nitrogen and oxygen atoms in total. The molecule has 0 saturated carbocycles. The van der Waals surface area contributed by atoms with Gasteiger partial charge in [-0.3, -0.25) is 9.69 Å². The van der Waals surface area contributed by atoms with Crippen LogP contribution in [0.4, 0.5) is 0 Å². The Morgan fingerprint density at radius 2 is 2.36 bits per heavy atom. The van der Waals surface area contributed by atoms with E-state index < -0.39 is 5.60 Å². The normalized spacial score (nSPS) is 20.6. The number of likely N-dealkylation sites (N-methyl/N-ethyl adjacent to an activating group) is 1. The maximum absolute atomic E-state index is 12.5. The second-order valence-electron chi connectivity index (χ2n) is 6.45. The molecule has 2 N–H and O–H groups in total. The lowest BCUT2D eigenvalue weighted by atomic mass is 10.0. The molecule has 8 heteroatoms. The molecule has 1 fully saturated rings. The fourth-order valence-corrected chi connectivity index (χ4v) is 3.09. The molecule has 2 aromatic rings. The molecule has 2 heterocycles. The zero-order valence-corrected chi connectivity index (χ0v) is 14.5. The molecule has 1 amide bonds. The maximum Gasteiger partial charge on any atom is 0.236 e. The van der Waals surface area contributed by atoms with Gasteiger partial charge < -0.3 is 14.7 Å². The van der Waals surface area contributed by atoms with Gasteiger partial charge in [0.25, 0.3) is 0 Å². The molecule has 0 aliphatic carbocycles. The summed E-state index contributed by atoms with van der Waals surface area (Å²) in [6.07, 6.45) is 2.06. The van der Waals surface area contributed by atoms with Crippen LogP contribution in [0.1, 0.15) is 17.7 Å². The number of amides is 1. The number of β-amino-alcohol motifs (C(OH)–C–C–N with tert-alkyl or cyclic N) is 1. The van der Waals surface area contributed by atoms with Crippen molar-refractivity contribution in [3.8, 4) is 5.75 Å². The highest BCUT2D eigenvalue weighted by Crippen LogP contribution is 2.29. The van der Waals surface area contributed by atoms with Crippen LogP contribution in [0, 0.1) is 0 Å². The number of nitrogens with one attached hydrogen (secondary N) is 1. The fourth-order valence-electron chi connectivity index (χ4n) is 3.09. The Morgan fingerprint density at radius 1 is 1.52 bits per heavy atom. The predicted molar refractivity (Wildman–Crippen MR) is 90.8 cm³/mol. The summed E-state index contributed by atoms with van der Waals surface area (Å²) in [4.78, 5) is 16.1. The van der Waals surface area contributed by atoms with Gasteiger partial charge in [0.2, 0.25) is 5.91 Å². The number of aromatic nitrogens is 3. The van der Waals surface area contributed by atoms with E-state index in [4.69, 9.17) is 4.74 Å². The van der Waals surface area contributed by atoms with Crippen molar-refractivity contribution < 1.29 is 14.6 Å². The molecule has 134 valence electrons. The van der Waals surface area contributed by atoms with Gasteiger partial charge in [0.1, 0.15) is 17.0 Å². The van der Waals surface area contributed by atoms with E-state index in [0.717, 1.165) is 11.3 Å². The summed E-state index contributed by atoms with van der Waals surface area (Å²) in [5.74, 6) is 0.780. The predicted octanol–water partition coefficient (Wildman–Crippen LogP) is 0.365. The molecular formula is C17H23N5O3. The summed E-state index contributed by atoms with van der Waals surface area (Å²) in [5, 5.41) is 20.9. The van der Waals surface area contributed by atoms with Gasteiger partial charge in [-0.05, 0) is 24.1 Å². The first kappa shape index (κ1) is 17.4. The topological polar surface area (TPSA) is 94.6 Å². The van der Waals surface area contributed by atoms with Gasteiger partial charge in [0.15, 0.2) is 0 Å². The molecule has 0 radical (unpaired) electrons. The van der Waals surface area contributed by atoms with E-state index in [1.165, 1.54) is 6.20 Å². The smallest absolute Gasteiger partial charge is 0.236 e. The van der Waals surface area contributed by atoms with Gasteiger partial charge in [0, 0.05) is 26.7 Å². The monoisotopic (exact) mass is 345 g/mol. The summed E-state index contributed by atoms with van der Waals surface area (Å²) in [6, 6.07) is 7.67. The van der Waals surface area contributed by atoms with Crippen molar-refractivity contribution >= 4 is 5.91 Å². The van der Waals surface area contributed by atoms with E-state index >= 15 is 0 Å². The number of rotatable bonds is 6. The standard InChI is InChI=1S/C17H23N5O3/c1-21(10-13-4-3-5-14(8-13)25-2)16(23)11-22-7-6-17(24,12-22)15-9-18-20-19-15/h3-5,8-9,24H,6-7,10-12H2,1-2H3,(H,18,19,20)/t17-/m0/s1. The van der Waals surface area contributed by atoms with E-state index in [0.29, 0.717) is 31.7 Å². The SMILES string of the molecule is COc1cccc(CN(C)C(=O)CN2CC[C@@](O)(c3cn[nH]n3)C2)c1.